The molecule has 1 aromatic rings. The Bertz CT molecular complexity index is 390. The Balaban J connectivity index is 2.98. The molecule has 16 heavy (non-hydrogen) atoms. The topological polar surface area (TPSA) is 67.2 Å². The third-order valence-electron chi connectivity index (χ3n) is 2.24. The number of aromatic carboxylic acids is 1. The standard InChI is InChI=1S/C10H17N3O2S/c1-6(5-16-4)11-9-8(10(14)15)7(2)12-13(9)3/h6,11H,5H2,1-4H3,(H,14,15). The van der Waals surface area contributed by atoms with Crippen molar-refractivity contribution >= 4 is 23.5 Å². The van der Waals surface area contributed by atoms with Crippen molar-refractivity contribution in [3.8, 4) is 0 Å². The number of nitrogens with one attached hydrogen (secondary N) is 1. The van der Waals surface area contributed by atoms with E-state index < -0.39 is 5.97 Å². The van der Waals surface area contributed by atoms with Crippen LogP contribution in [-0.2, 0) is 7.05 Å². The van der Waals surface area contributed by atoms with Crippen LogP contribution in [0.3, 0.4) is 0 Å². The Morgan fingerprint density at radius 3 is 2.81 bits per heavy atom. The maximum absolute atomic E-state index is 11.1. The molecule has 0 amide bonds. The lowest BCUT2D eigenvalue weighted by Crippen LogP contribution is -2.21. The summed E-state index contributed by atoms with van der Waals surface area (Å²) in [6.45, 7) is 3.72. The van der Waals surface area contributed by atoms with E-state index in [-0.39, 0.29) is 11.6 Å². The third kappa shape index (κ3) is 2.69. The zero-order valence-electron chi connectivity index (χ0n) is 9.94. The molecule has 1 aromatic heterocycles. The van der Waals surface area contributed by atoms with Crippen molar-refractivity contribution in [3.05, 3.63) is 11.3 Å². The number of thioether (sulfide) groups is 1. The molecule has 0 aliphatic rings. The predicted octanol–water partition coefficient (Wildman–Crippen LogP) is 1.59. The van der Waals surface area contributed by atoms with Gasteiger partial charge in [-0.2, -0.15) is 16.9 Å². The zero-order chi connectivity index (χ0) is 12.3. The first-order valence-electron chi connectivity index (χ1n) is 4.99. The number of carbonyl (C=O) groups is 1. The van der Waals surface area contributed by atoms with Gasteiger partial charge >= 0.3 is 5.97 Å². The highest BCUT2D eigenvalue weighted by molar-refractivity contribution is 7.98. The highest BCUT2D eigenvalue weighted by Crippen LogP contribution is 2.19. The minimum absolute atomic E-state index is 0.211. The second-order valence-electron chi connectivity index (χ2n) is 3.74. The van der Waals surface area contributed by atoms with Crippen molar-refractivity contribution in [2.75, 3.05) is 17.3 Å². The summed E-state index contributed by atoms with van der Waals surface area (Å²) in [5.41, 5.74) is 0.796. The predicted molar refractivity (Wildman–Crippen MR) is 66.4 cm³/mol. The van der Waals surface area contributed by atoms with E-state index >= 15 is 0 Å². The molecular formula is C10H17N3O2S. The minimum Gasteiger partial charge on any atom is -0.477 e. The molecule has 90 valence electrons. The monoisotopic (exact) mass is 243 g/mol. The molecular weight excluding hydrogens is 226 g/mol. The normalized spacial score (nSPS) is 12.5. The van der Waals surface area contributed by atoms with Crippen molar-refractivity contribution < 1.29 is 9.90 Å². The van der Waals surface area contributed by atoms with Crippen molar-refractivity contribution in [3.63, 3.8) is 0 Å². The SMILES string of the molecule is CSCC(C)Nc1c(C(=O)O)c(C)nn1C. The van der Waals surface area contributed by atoms with Gasteiger partial charge in [0.25, 0.3) is 0 Å². The number of anilines is 1. The summed E-state index contributed by atoms with van der Waals surface area (Å²) in [6.07, 6.45) is 2.02. The molecule has 0 fully saturated rings. The number of rotatable bonds is 5. The number of aromatic nitrogens is 2. The van der Waals surface area contributed by atoms with E-state index in [4.69, 9.17) is 5.11 Å². The first-order valence-corrected chi connectivity index (χ1v) is 6.39. The Morgan fingerprint density at radius 2 is 2.31 bits per heavy atom. The van der Waals surface area contributed by atoms with E-state index in [1.807, 2.05) is 13.2 Å². The molecule has 0 spiro atoms. The van der Waals surface area contributed by atoms with Crippen molar-refractivity contribution in [1.82, 2.24) is 9.78 Å². The highest BCUT2D eigenvalue weighted by atomic mass is 32.2. The van der Waals surface area contributed by atoms with Crippen LogP contribution in [0.5, 0.6) is 0 Å². The van der Waals surface area contributed by atoms with Crippen LogP contribution in [-0.4, -0.2) is 38.9 Å². The fourth-order valence-corrected chi connectivity index (χ4v) is 2.19. The van der Waals surface area contributed by atoms with Gasteiger partial charge in [0, 0.05) is 18.8 Å². The van der Waals surface area contributed by atoms with Gasteiger partial charge in [0.15, 0.2) is 0 Å². The Labute approximate surface area is 99.2 Å². The second kappa shape index (κ2) is 5.25. The molecule has 0 aliphatic carbocycles. The maximum atomic E-state index is 11.1. The van der Waals surface area contributed by atoms with E-state index in [2.05, 4.69) is 10.4 Å². The Kier molecular flexibility index (Phi) is 4.23. The Morgan fingerprint density at radius 1 is 1.69 bits per heavy atom. The van der Waals surface area contributed by atoms with Gasteiger partial charge in [-0.1, -0.05) is 0 Å². The van der Waals surface area contributed by atoms with Gasteiger partial charge in [-0.25, -0.2) is 4.79 Å². The highest BCUT2D eigenvalue weighted by Gasteiger charge is 2.20. The van der Waals surface area contributed by atoms with Gasteiger partial charge in [-0.05, 0) is 20.1 Å². The molecule has 0 saturated carbocycles. The lowest BCUT2D eigenvalue weighted by atomic mass is 10.2. The molecule has 2 N–H and O–H groups in total. The van der Waals surface area contributed by atoms with Crippen LogP contribution in [0, 0.1) is 6.92 Å². The van der Waals surface area contributed by atoms with Crippen LogP contribution < -0.4 is 5.32 Å². The lowest BCUT2D eigenvalue weighted by molar-refractivity contribution is 0.0697. The molecule has 1 atom stereocenters. The number of nitrogens with zero attached hydrogens (tertiary/aromatic N) is 2. The van der Waals surface area contributed by atoms with E-state index in [1.54, 1.807) is 30.4 Å². The number of aryl methyl sites for hydroxylation is 2. The van der Waals surface area contributed by atoms with Crippen LogP contribution >= 0.6 is 11.8 Å². The largest absolute Gasteiger partial charge is 0.477 e. The number of hydrogen-bond donors (Lipinski definition) is 2. The summed E-state index contributed by atoms with van der Waals surface area (Å²) in [7, 11) is 1.74. The summed E-state index contributed by atoms with van der Waals surface area (Å²) >= 11 is 1.72. The van der Waals surface area contributed by atoms with Crippen molar-refractivity contribution in [1.29, 1.82) is 0 Å². The molecule has 0 aromatic carbocycles. The van der Waals surface area contributed by atoms with E-state index in [9.17, 15) is 4.79 Å². The molecule has 6 heteroatoms. The molecule has 1 unspecified atom stereocenters. The van der Waals surface area contributed by atoms with E-state index in [1.165, 1.54) is 0 Å². The van der Waals surface area contributed by atoms with Gasteiger partial charge in [0.1, 0.15) is 11.4 Å². The lowest BCUT2D eigenvalue weighted by Gasteiger charge is -2.14. The van der Waals surface area contributed by atoms with Crippen molar-refractivity contribution in [2.24, 2.45) is 7.05 Å². The van der Waals surface area contributed by atoms with Crippen LogP contribution in [0.15, 0.2) is 0 Å². The molecule has 1 heterocycles. The summed E-state index contributed by atoms with van der Waals surface area (Å²) in [5.74, 6) is 0.555. The molecule has 0 saturated heterocycles. The maximum Gasteiger partial charge on any atom is 0.341 e. The fraction of sp³-hybridized carbons (Fsp3) is 0.600. The molecule has 1 rings (SSSR count). The summed E-state index contributed by atoms with van der Waals surface area (Å²) in [5, 5.41) is 16.4. The minimum atomic E-state index is -0.940. The van der Waals surface area contributed by atoms with Crippen LogP contribution in [0.2, 0.25) is 0 Å². The first kappa shape index (κ1) is 12.9. The molecule has 0 bridgehead atoms. The number of carboxylic acid groups (broad SMARTS) is 1. The fourth-order valence-electron chi connectivity index (χ4n) is 1.60. The zero-order valence-corrected chi connectivity index (χ0v) is 10.8. The molecule has 0 radical (unpaired) electrons. The number of hydrogen-bond acceptors (Lipinski definition) is 4. The van der Waals surface area contributed by atoms with E-state index in [0.717, 1.165) is 5.75 Å². The summed E-state index contributed by atoms with van der Waals surface area (Å²) in [6, 6.07) is 0.211. The first-order chi connectivity index (χ1) is 7.47. The van der Waals surface area contributed by atoms with Gasteiger partial charge < -0.3 is 10.4 Å². The van der Waals surface area contributed by atoms with Gasteiger partial charge in [0.05, 0.1) is 5.69 Å². The smallest absolute Gasteiger partial charge is 0.341 e. The average Bonchev–Trinajstić information content (AvgIpc) is 2.41. The quantitative estimate of drug-likeness (QED) is 0.822. The van der Waals surface area contributed by atoms with Crippen LogP contribution in [0.25, 0.3) is 0 Å². The molecule has 0 aliphatic heterocycles. The van der Waals surface area contributed by atoms with Crippen LogP contribution in [0.1, 0.15) is 23.0 Å². The number of carboxylic acids is 1. The van der Waals surface area contributed by atoms with Gasteiger partial charge in [0.2, 0.25) is 0 Å². The van der Waals surface area contributed by atoms with Crippen molar-refractivity contribution in [2.45, 2.75) is 19.9 Å². The second-order valence-corrected chi connectivity index (χ2v) is 4.65. The third-order valence-corrected chi connectivity index (χ3v) is 3.07. The van der Waals surface area contributed by atoms with E-state index in [0.29, 0.717) is 11.5 Å². The summed E-state index contributed by atoms with van der Waals surface area (Å²) < 4.78 is 1.58. The van der Waals surface area contributed by atoms with Crippen LogP contribution in [0.4, 0.5) is 5.82 Å². The van der Waals surface area contributed by atoms with Gasteiger partial charge in [-0.3, -0.25) is 4.68 Å². The molecule has 5 nitrogen and oxygen atoms in total. The summed E-state index contributed by atoms with van der Waals surface area (Å²) in [4.78, 5) is 11.1. The Hall–Kier alpha value is -1.17. The van der Waals surface area contributed by atoms with Gasteiger partial charge in [-0.15, -0.1) is 0 Å². The average molecular weight is 243 g/mol.